The van der Waals surface area contributed by atoms with Crippen molar-refractivity contribution in [2.24, 2.45) is 10.7 Å². The molecule has 0 aliphatic carbocycles. The Morgan fingerprint density at radius 1 is 1.35 bits per heavy atom. The first kappa shape index (κ1) is 22.2. The van der Waals surface area contributed by atoms with Crippen LogP contribution in [0, 0.1) is 5.82 Å². The van der Waals surface area contributed by atoms with E-state index < -0.39 is 48.8 Å². The number of pyridine rings is 1. The lowest BCUT2D eigenvalue weighted by atomic mass is 9.85. The quantitative estimate of drug-likeness (QED) is 0.686. The molecule has 0 unspecified atom stereocenters. The fourth-order valence-corrected chi connectivity index (χ4v) is 3.09. The molecular weight excluding hydrogens is 427 g/mol. The number of anilines is 1. The molecule has 0 radical (unpaired) electrons. The summed E-state index contributed by atoms with van der Waals surface area (Å²) in [7, 11) is 0. The second-order valence-electron chi connectivity index (χ2n) is 6.86. The Balaban J connectivity index is 1.86. The fourth-order valence-electron chi connectivity index (χ4n) is 3.09. The number of amidine groups is 1. The summed E-state index contributed by atoms with van der Waals surface area (Å²) < 4.78 is 75.3. The van der Waals surface area contributed by atoms with Gasteiger partial charge in [-0.05, 0) is 37.3 Å². The van der Waals surface area contributed by atoms with Crippen molar-refractivity contribution in [3.05, 3.63) is 53.6 Å². The highest BCUT2D eigenvalue weighted by Crippen LogP contribution is 2.41. The summed E-state index contributed by atoms with van der Waals surface area (Å²) in [5, 5.41) is 2.47. The van der Waals surface area contributed by atoms with E-state index in [1.807, 2.05) is 0 Å². The van der Waals surface area contributed by atoms with Crippen LogP contribution in [0.25, 0.3) is 0 Å². The molecule has 2 aromatic rings. The van der Waals surface area contributed by atoms with Crippen molar-refractivity contribution >= 4 is 17.6 Å². The number of hydrogen-bond donors (Lipinski definition) is 2. The molecule has 3 N–H and O–H groups in total. The van der Waals surface area contributed by atoms with Crippen LogP contribution in [0.5, 0.6) is 5.75 Å². The van der Waals surface area contributed by atoms with Crippen molar-refractivity contribution in [2.45, 2.75) is 31.2 Å². The number of benzene rings is 1. The summed E-state index contributed by atoms with van der Waals surface area (Å²) in [6.45, 7) is 0.230. The first-order valence-electron chi connectivity index (χ1n) is 8.87. The lowest BCUT2D eigenvalue weighted by Gasteiger charge is -2.36. The average Bonchev–Trinajstić information content (AvgIpc) is 2.69. The average molecular weight is 444 g/mol. The molecule has 0 spiro atoms. The number of carbonyl (C=O) groups is 1. The van der Waals surface area contributed by atoms with E-state index in [9.17, 15) is 26.7 Å². The van der Waals surface area contributed by atoms with Crippen LogP contribution in [-0.4, -0.2) is 36.1 Å². The van der Waals surface area contributed by atoms with E-state index in [2.05, 4.69) is 24.8 Å². The van der Waals surface area contributed by atoms with Gasteiger partial charge in [-0.1, -0.05) is 0 Å². The molecule has 1 amide bonds. The SMILES string of the molecule is C[C@]1(c2cc(NC(=O)c3ccc(OCF)cn3)ccc2F)C[C@@H](C(F)(F)F)OC(N)=N1. The highest BCUT2D eigenvalue weighted by Gasteiger charge is 2.50. The minimum absolute atomic E-state index is 0.0474. The van der Waals surface area contributed by atoms with Crippen molar-refractivity contribution in [1.29, 1.82) is 0 Å². The van der Waals surface area contributed by atoms with E-state index in [-0.39, 0.29) is 22.7 Å². The zero-order valence-electron chi connectivity index (χ0n) is 16.0. The Labute approximate surface area is 173 Å². The summed E-state index contributed by atoms with van der Waals surface area (Å²) in [5.41, 5.74) is 3.57. The molecule has 7 nitrogen and oxygen atoms in total. The fraction of sp³-hybridized carbons (Fsp3) is 0.316. The highest BCUT2D eigenvalue weighted by atomic mass is 19.4. The molecular formula is C19H17F5N4O3. The number of carbonyl (C=O) groups excluding carboxylic acids is 1. The number of nitrogens with two attached hydrogens (primary N) is 1. The van der Waals surface area contributed by atoms with Crippen molar-refractivity contribution in [2.75, 3.05) is 12.2 Å². The molecule has 0 bridgehead atoms. The number of amides is 1. The Morgan fingerprint density at radius 2 is 2.10 bits per heavy atom. The number of ether oxygens (including phenoxy) is 2. The molecule has 166 valence electrons. The predicted octanol–water partition coefficient (Wildman–Crippen LogP) is 3.66. The summed E-state index contributed by atoms with van der Waals surface area (Å²) in [4.78, 5) is 20.1. The van der Waals surface area contributed by atoms with Crippen molar-refractivity contribution < 1.29 is 36.2 Å². The molecule has 1 aromatic carbocycles. The van der Waals surface area contributed by atoms with Gasteiger partial charge in [-0.25, -0.2) is 18.8 Å². The largest absolute Gasteiger partial charge is 0.461 e. The van der Waals surface area contributed by atoms with E-state index in [0.717, 1.165) is 12.3 Å². The third-order valence-corrected chi connectivity index (χ3v) is 4.56. The van der Waals surface area contributed by atoms with Crippen LogP contribution in [0.4, 0.5) is 27.6 Å². The van der Waals surface area contributed by atoms with Gasteiger partial charge in [-0.3, -0.25) is 4.79 Å². The summed E-state index contributed by atoms with van der Waals surface area (Å²) in [5.74, 6) is -1.39. The van der Waals surface area contributed by atoms with E-state index >= 15 is 0 Å². The second-order valence-corrected chi connectivity index (χ2v) is 6.86. The Hall–Kier alpha value is -3.44. The van der Waals surface area contributed by atoms with Crippen LogP contribution in [0.1, 0.15) is 29.4 Å². The van der Waals surface area contributed by atoms with Crippen molar-refractivity contribution in [3.63, 3.8) is 0 Å². The number of aliphatic imine (C=N–C) groups is 1. The number of nitrogens with zero attached hydrogens (tertiary/aromatic N) is 2. The maximum atomic E-state index is 14.5. The van der Waals surface area contributed by atoms with Gasteiger partial charge in [0.2, 0.25) is 6.86 Å². The van der Waals surface area contributed by atoms with Gasteiger partial charge < -0.3 is 20.5 Å². The van der Waals surface area contributed by atoms with E-state index in [1.54, 1.807) is 0 Å². The maximum absolute atomic E-state index is 14.5. The van der Waals surface area contributed by atoms with Gasteiger partial charge in [-0.2, -0.15) is 13.2 Å². The molecule has 1 aliphatic heterocycles. The Morgan fingerprint density at radius 3 is 2.71 bits per heavy atom. The van der Waals surface area contributed by atoms with Gasteiger partial charge in [0, 0.05) is 17.7 Å². The lowest BCUT2D eigenvalue weighted by molar-refractivity contribution is -0.208. The topological polar surface area (TPSA) is 98.8 Å². The van der Waals surface area contributed by atoms with Gasteiger partial charge >= 0.3 is 6.18 Å². The normalized spacial score (nSPS) is 21.1. The summed E-state index contributed by atoms with van der Waals surface area (Å²) in [6.07, 6.45) is -6.55. The van der Waals surface area contributed by atoms with E-state index in [4.69, 9.17) is 5.73 Å². The molecule has 0 saturated carbocycles. The Bertz CT molecular complexity index is 997. The first-order valence-corrected chi connectivity index (χ1v) is 8.87. The lowest BCUT2D eigenvalue weighted by Crippen LogP contribution is -2.46. The summed E-state index contributed by atoms with van der Waals surface area (Å²) >= 11 is 0. The molecule has 2 atom stereocenters. The van der Waals surface area contributed by atoms with Gasteiger partial charge in [-0.15, -0.1) is 0 Å². The molecule has 1 aliphatic rings. The monoisotopic (exact) mass is 444 g/mol. The molecule has 2 heterocycles. The zero-order chi connectivity index (χ0) is 22.8. The molecule has 3 rings (SSSR count). The van der Waals surface area contributed by atoms with E-state index in [0.29, 0.717) is 0 Å². The number of aromatic nitrogens is 1. The van der Waals surface area contributed by atoms with Crippen LogP contribution in [-0.2, 0) is 10.3 Å². The minimum atomic E-state index is -4.73. The molecule has 0 fully saturated rings. The number of nitrogens with one attached hydrogen (secondary N) is 1. The molecule has 12 heteroatoms. The maximum Gasteiger partial charge on any atom is 0.425 e. The van der Waals surface area contributed by atoms with Gasteiger partial charge in [0.1, 0.15) is 17.3 Å². The van der Waals surface area contributed by atoms with Crippen LogP contribution in [0.2, 0.25) is 0 Å². The first-order chi connectivity index (χ1) is 14.5. The van der Waals surface area contributed by atoms with Crippen LogP contribution in [0.15, 0.2) is 41.5 Å². The molecule has 1 aromatic heterocycles. The van der Waals surface area contributed by atoms with Gasteiger partial charge in [0.25, 0.3) is 11.9 Å². The smallest absolute Gasteiger partial charge is 0.425 e. The third-order valence-electron chi connectivity index (χ3n) is 4.56. The predicted molar refractivity (Wildman–Crippen MR) is 99.7 cm³/mol. The number of rotatable bonds is 5. The molecule has 31 heavy (non-hydrogen) atoms. The molecule has 0 saturated heterocycles. The van der Waals surface area contributed by atoms with E-state index in [1.165, 1.54) is 31.2 Å². The van der Waals surface area contributed by atoms with Gasteiger partial charge in [0.05, 0.1) is 11.7 Å². The minimum Gasteiger partial charge on any atom is -0.461 e. The number of alkyl halides is 4. The van der Waals surface area contributed by atoms with Crippen LogP contribution < -0.4 is 15.8 Å². The zero-order valence-corrected chi connectivity index (χ0v) is 16.0. The Kier molecular flexibility index (Phi) is 6.00. The third kappa shape index (κ3) is 5.01. The number of halogens is 5. The standard InChI is InChI=1S/C19H17F5N4O3/c1-18(7-15(19(22,23)24)31-17(25)28-18)12-6-10(2-4-13(12)21)27-16(29)14-5-3-11(8-26-14)30-9-20/h2-6,8,15H,7,9H2,1H3,(H2,25,28)(H,27,29)/t15-,18+/m0/s1. The van der Waals surface area contributed by atoms with Gasteiger partial charge in [0.15, 0.2) is 6.10 Å². The van der Waals surface area contributed by atoms with Crippen LogP contribution in [0.3, 0.4) is 0 Å². The van der Waals surface area contributed by atoms with Crippen LogP contribution >= 0.6 is 0 Å². The summed E-state index contributed by atoms with van der Waals surface area (Å²) in [6, 6.07) is 5.28. The second kappa shape index (κ2) is 8.36. The van der Waals surface area contributed by atoms with Crippen molar-refractivity contribution in [1.82, 2.24) is 4.98 Å². The van der Waals surface area contributed by atoms with Crippen molar-refractivity contribution in [3.8, 4) is 5.75 Å². The highest BCUT2D eigenvalue weighted by molar-refractivity contribution is 6.02. The number of hydrogen-bond acceptors (Lipinski definition) is 6.